The lowest BCUT2D eigenvalue weighted by molar-refractivity contribution is 0.701. The molecule has 1 atom stereocenters. The molecule has 3 heteroatoms. The van der Waals surface area contributed by atoms with Gasteiger partial charge in [0.15, 0.2) is 0 Å². The van der Waals surface area contributed by atoms with Crippen molar-refractivity contribution in [2.75, 3.05) is 0 Å². The van der Waals surface area contributed by atoms with Gasteiger partial charge in [-0.15, -0.1) is 0 Å². The molecule has 9 heavy (non-hydrogen) atoms. The van der Waals surface area contributed by atoms with E-state index in [2.05, 4.69) is 22.6 Å². The smallest absolute Gasteiger partial charge is 0.0935 e. The highest BCUT2D eigenvalue weighted by Gasteiger charge is 2.06. The molecule has 1 aliphatic carbocycles. The second-order valence-electron chi connectivity index (χ2n) is 1.63. The van der Waals surface area contributed by atoms with Gasteiger partial charge >= 0.3 is 0 Å². The number of hydrogen-bond donors (Lipinski definition) is 0. The van der Waals surface area contributed by atoms with Gasteiger partial charge in [0, 0.05) is 0 Å². The Morgan fingerprint density at radius 1 is 1.56 bits per heavy atom. The lowest BCUT2D eigenvalue weighted by Gasteiger charge is -2.02. The van der Waals surface area contributed by atoms with Gasteiger partial charge in [0.2, 0.25) is 0 Å². The van der Waals surface area contributed by atoms with Gasteiger partial charge < -0.3 is 0 Å². The minimum absolute atomic E-state index is 0.287. The van der Waals surface area contributed by atoms with Gasteiger partial charge in [-0.05, 0) is 6.08 Å². The lowest BCUT2D eigenvalue weighted by Crippen LogP contribution is -2.09. The van der Waals surface area contributed by atoms with Crippen LogP contribution in [0.1, 0.15) is 0 Å². The zero-order chi connectivity index (χ0) is 6.69. The number of alkyl halides is 1. The summed E-state index contributed by atoms with van der Waals surface area (Å²) in [5.74, 6) is 0. The van der Waals surface area contributed by atoms with E-state index in [4.69, 9.17) is 0 Å². The predicted molar refractivity (Wildman–Crippen MR) is 49.2 cm³/mol. The molecule has 0 aliphatic heterocycles. The van der Waals surface area contributed by atoms with Crippen LogP contribution >= 0.6 is 22.6 Å². The summed E-state index contributed by atoms with van der Waals surface area (Å²) in [5.41, 5.74) is 0. The van der Waals surface area contributed by atoms with E-state index in [-0.39, 0.29) is 3.92 Å². The molecule has 0 aromatic rings. The Labute approximate surface area is 71.1 Å². The van der Waals surface area contributed by atoms with Gasteiger partial charge in [-0.1, -0.05) is 40.8 Å². The molecule has 0 aromatic heterocycles. The van der Waals surface area contributed by atoms with Crippen LogP contribution in [0.4, 0.5) is 0 Å². The molecule has 0 bridgehead atoms. The highest BCUT2D eigenvalue weighted by molar-refractivity contribution is 14.1. The van der Waals surface area contributed by atoms with E-state index in [1.807, 2.05) is 24.3 Å². The Hall–Kier alpha value is 0.100. The van der Waals surface area contributed by atoms with Gasteiger partial charge in [0.05, 0.1) is 20.0 Å². The van der Waals surface area contributed by atoms with Crippen LogP contribution in [-0.4, -0.2) is 13.0 Å². The van der Waals surface area contributed by atoms with Crippen molar-refractivity contribution < 1.29 is 4.21 Å². The Morgan fingerprint density at radius 3 is 2.78 bits per heavy atom. The number of rotatable bonds is 0. The number of hydrogen-bond acceptors (Lipinski definition) is 1. The quantitative estimate of drug-likeness (QED) is 0.361. The van der Waals surface area contributed by atoms with Crippen LogP contribution in [0, 0.1) is 0 Å². The molecule has 0 heterocycles. The molecular weight excluding hydrogens is 247 g/mol. The van der Waals surface area contributed by atoms with Crippen molar-refractivity contribution in [3.63, 3.8) is 0 Å². The molecule has 0 aromatic carbocycles. The highest BCUT2D eigenvalue weighted by atomic mass is 127. The monoisotopic (exact) mass is 252 g/mol. The first kappa shape index (κ1) is 7.21. The Balaban J connectivity index is 2.90. The van der Waals surface area contributed by atoms with Crippen molar-refractivity contribution in [1.29, 1.82) is 0 Å². The maximum absolute atomic E-state index is 10.3. The third-order valence-electron chi connectivity index (χ3n) is 1.02. The number of allylic oxidation sites excluding steroid dienone is 4. The highest BCUT2D eigenvalue weighted by Crippen LogP contribution is 2.08. The van der Waals surface area contributed by atoms with E-state index in [1.165, 1.54) is 0 Å². The molecule has 1 aliphatic rings. The first-order chi connectivity index (χ1) is 4.34. The summed E-state index contributed by atoms with van der Waals surface area (Å²) >= 11 is 2.80. The average Bonchev–Trinajstić information content (AvgIpc) is 1.89. The second kappa shape index (κ2) is 3.31. The normalized spacial score (nSPS) is 24.6. The van der Waals surface area contributed by atoms with Crippen molar-refractivity contribution in [3.8, 4) is 0 Å². The fraction of sp³-hybridized carbons (Fsp3) is 0.167. The molecule has 0 radical (unpaired) electrons. The summed E-state index contributed by atoms with van der Waals surface area (Å²) in [5, 5.41) is 0. The summed E-state index contributed by atoms with van der Waals surface area (Å²) in [6, 6.07) is 0. The summed E-state index contributed by atoms with van der Waals surface area (Å²) < 4.78 is 10.6. The Kier molecular flexibility index (Phi) is 2.65. The molecular formula is C6H5IOS. The minimum Gasteiger partial charge on any atom is -0.212 e. The second-order valence-corrected chi connectivity index (χ2v) is 3.61. The van der Waals surface area contributed by atoms with Crippen LogP contribution in [0.3, 0.4) is 0 Å². The van der Waals surface area contributed by atoms with Crippen LogP contribution in [0.5, 0.6) is 0 Å². The molecule has 0 saturated heterocycles. The fourth-order valence-electron chi connectivity index (χ4n) is 0.573. The van der Waals surface area contributed by atoms with E-state index < -0.39 is 0 Å². The van der Waals surface area contributed by atoms with Crippen LogP contribution in [0.25, 0.3) is 0 Å². The third kappa shape index (κ3) is 1.76. The molecule has 0 N–H and O–H groups in total. The van der Waals surface area contributed by atoms with Gasteiger partial charge in [0.25, 0.3) is 0 Å². The van der Waals surface area contributed by atoms with Crippen molar-refractivity contribution in [1.82, 2.24) is 0 Å². The summed E-state index contributed by atoms with van der Waals surface area (Å²) in [7, 11) is 0. The topological polar surface area (TPSA) is 17.1 Å². The standard InChI is InChI=1S/C6H5IOS/c7-5-3-1-2-4-6(5)9-8/h1-5H. The molecule has 1 nitrogen and oxygen atoms in total. The largest absolute Gasteiger partial charge is 0.212 e. The summed E-state index contributed by atoms with van der Waals surface area (Å²) in [6.45, 7) is 0. The van der Waals surface area contributed by atoms with Gasteiger partial charge in [-0.3, -0.25) is 0 Å². The van der Waals surface area contributed by atoms with E-state index in [9.17, 15) is 4.21 Å². The Bertz CT molecular complexity index is 213. The van der Waals surface area contributed by atoms with Crippen LogP contribution in [0.2, 0.25) is 0 Å². The Morgan fingerprint density at radius 2 is 2.33 bits per heavy atom. The average molecular weight is 252 g/mol. The molecule has 1 unspecified atom stereocenters. The van der Waals surface area contributed by atoms with Crippen molar-refractivity contribution in [2.45, 2.75) is 3.92 Å². The first-order valence-electron chi connectivity index (χ1n) is 2.50. The summed E-state index contributed by atoms with van der Waals surface area (Å²) in [6.07, 6.45) is 7.70. The lowest BCUT2D eigenvalue weighted by atomic mass is 10.2. The fourth-order valence-corrected chi connectivity index (χ4v) is 1.64. The van der Waals surface area contributed by atoms with E-state index in [0.717, 1.165) is 4.86 Å². The zero-order valence-electron chi connectivity index (χ0n) is 4.58. The van der Waals surface area contributed by atoms with E-state index >= 15 is 0 Å². The molecule has 0 spiro atoms. The third-order valence-corrected chi connectivity index (χ3v) is 3.11. The molecule has 0 saturated carbocycles. The zero-order valence-corrected chi connectivity index (χ0v) is 7.56. The molecule has 48 valence electrons. The first-order valence-corrected chi connectivity index (χ1v) is 4.49. The van der Waals surface area contributed by atoms with Crippen molar-refractivity contribution >= 4 is 38.7 Å². The maximum Gasteiger partial charge on any atom is 0.0935 e. The van der Waals surface area contributed by atoms with Crippen molar-refractivity contribution in [2.24, 2.45) is 0 Å². The van der Waals surface area contributed by atoms with Crippen molar-refractivity contribution in [3.05, 3.63) is 24.3 Å². The molecule has 0 amide bonds. The van der Waals surface area contributed by atoms with E-state index in [0.29, 0.717) is 11.3 Å². The predicted octanol–water partition coefficient (Wildman–Crippen LogP) is 1.30. The van der Waals surface area contributed by atoms with Crippen LogP contribution < -0.4 is 0 Å². The van der Waals surface area contributed by atoms with Crippen LogP contribution in [-0.2, 0) is 11.3 Å². The van der Waals surface area contributed by atoms with Gasteiger partial charge in [0.1, 0.15) is 0 Å². The maximum atomic E-state index is 10.3. The van der Waals surface area contributed by atoms with Crippen LogP contribution in [0.15, 0.2) is 24.3 Å². The number of halogens is 1. The minimum atomic E-state index is 0.287. The van der Waals surface area contributed by atoms with Gasteiger partial charge in [-0.2, -0.15) is 0 Å². The van der Waals surface area contributed by atoms with Gasteiger partial charge in [-0.25, -0.2) is 4.21 Å². The molecule has 1 rings (SSSR count). The van der Waals surface area contributed by atoms with E-state index in [1.54, 1.807) is 0 Å². The SMILES string of the molecule is O=S=C1C=CC=CC1I. The molecule has 0 fully saturated rings. The summed E-state index contributed by atoms with van der Waals surface area (Å²) in [4.78, 5) is 0.887.